The average Bonchev–Trinajstić information content (AvgIpc) is 3.34. The predicted molar refractivity (Wildman–Crippen MR) is 119 cm³/mol. The number of hydrogen-bond donors (Lipinski definition) is 1. The summed E-state index contributed by atoms with van der Waals surface area (Å²) in [6.45, 7) is 1.07. The van der Waals surface area contributed by atoms with Gasteiger partial charge in [-0.2, -0.15) is 0 Å². The number of aromatic nitrogens is 1. The molecule has 1 fully saturated rings. The molecule has 2 amide bonds. The average molecular weight is 484 g/mol. The minimum Gasteiger partial charge on any atom is -0.454 e. The molecule has 0 unspecified atom stereocenters. The molecule has 2 aliphatic heterocycles. The first-order chi connectivity index (χ1) is 16.9. The summed E-state index contributed by atoms with van der Waals surface area (Å²) in [6.07, 6.45) is 1.58. The SMILES string of the molecule is O=C(Nc1cccnc1N1CCN(C(=O)c2cc(F)cc(F)c2F)CC1)c1ccc2c(c1)OCO2. The van der Waals surface area contributed by atoms with E-state index in [0.717, 1.165) is 0 Å². The maximum absolute atomic E-state index is 14.1. The van der Waals surface area contributed by atoms with Gasteiger partial charge in [0, 0.05) is 44.0 Å². The molecule has 35 heavy (non-hydrogen) atoms. The Balaban J connectivity index is 1.28. The molecule has 5 rings (SSSR count). The van der Waals surface area contributed by atoms with Crippen LogP contribution < -0.4 is 19.7 Å². The highest BCUT2D eigenvalue weighted by Crippen LogP contribution is 2.33. The van der Waals surface area contributed by atoms with E-state index in [4.69, 9.17) is 9.47 Å². The number of ether oxygens (including phenoxy) is 2. The smallest absolute Gasteiger partial charge is 0.257 e. The zero-order valence-electron chi connectivity index (χ0n) is 18.3. The number of nitrogens with zero attached hydrogens (tertiary/aromatic N) is 3. The Bertz CT molecular complexity index is 1310. The van der Waals surface area contributed by atoms with Crippen LogP contribution in [-0.4, -0.2) is 54.7 Å². The monoisotopic (exact) mass is 484 g/mol. The molecular formula is C24H19F3N4O4. The van der Waals surface area contributed by atoms with Crippen molar-refractivity contribution >= 4 is 23.3 Å². The van der Waals surface area contributed by atoms with Crippen molar-refractivity contribution in [1.82, 2.24) is 9.88 Å². The highest BCUT2D eigenvalue weighted by molar-refractivity contribution is 6.06. The first-order valence-corrected chi connectivity index (χ1v) is 10.8. The van der Waals surface area contributed by atoms with Gasteiger partial charge in [-0.15, -0.1) is 0 Å². The lowest BCUT2D eigenvalue weighted by Gasteiger charge is -2.36. The maximum Gasteiger partial charge on any atom is 0.257 e. The number of hydrogen-bond acceptors (Lipinski definition) is 6. The molecule has 2 aromatic carbocycles. The highest BCUT2D eigenvalue weighted by atomic mass is 19.2. The molecule has 0 spiro atoms. The summed E-state index contributed by atoms with van der Waals surface area (Å²) >= 11 is 0. The van der Waals surface area contributed by atoms with Gasteiger partial charge in [-0.05, 0) is 36.4 Å². The molecule has 11 heteroatoms. The fraction of sp³-hybridized carbons (Fsp3) is 0.208. The summed E-state index contributed by atoms with van der Waals surface area (Å²) in [5.74, 6) is -3.43. The molecule has 0 bridgehead atoms. The van der Waals surface area contributed by atoms with E-state index in [-0.39, 0.29) is 25.8 Å². The number of rotatable bonds is 4. The predicted octanol–water partition coefficient (Wildman–Crippen LogP) is 3.44. The summed E-state index contributed by atoms with van der Waals surface area (Å²) in [7, 11) is 0. The number of halogens is 3. The number of piperazine rings is 1. The molecule has 180 valence electrons. The minimum absolute atomic E-state index is 0.0996. The largest absolute Gasteiger partial charge is 0.454 e. The summed E-state index contributed by atoms with van der Waals surface area (Å²) in [5, 5.41) is 2.84. The Kier molecular flexibility index (Phi) is 5.89. The zero-order chi connectivity index (χ0) is 24.5. The lowest BCUT2D eigenvalue weighted by Crippen LogP contribution is -2.49. The Labute approximate surface area is 197 Å². The number of pyridine rings is 1. The minimum atomic E-state index is -1.41. The van der Waals surface area contributed by atoms with Gasteiger partial charge < -0.3 is 24.6 Å². The van der Waals surface area contributed by atoms with Crippen LogP contribution in [0.2, 0.25) is 0 Å². The zero-order valence-corrected chi connectivity index (χ0v) is 18.3. The number of nitrogens with one attached hydrogen (secondary N) is 1. The third kappa shape index (κ3) is 4.44. The molecule has 0 saturated carbocycles. The first kappa shape index (κ1) is 22.5. The summed E-state index contributed by atoms with van der Waals surface area (Å²) in [5.41, 5.74) is 0.197. The molecule has 1 aromatic heterocycles. The molecule has 3 heterocycles. The molecule has 0 atom stereocenters. The van der Waals surface area contributed by atoms with Gasteiger partial charge in [0.05, 0.1) is 11.3 Å². The fourth-order valence-electron chi connectivity index (χ4n) is 3.98. The number of anilines is 2. The second-order valence-corrected chi connectivity index (χ2v) is 7.93. The molecule has 0 radical (unpaired) electrons. The normalized spacial score (nSPS) is 14.7. The van der Waals surface area contributed by atoms with Gasteiger partial charge in [-0.25, -0.2) is 18.2 Å². The fourth-order valence-corrected chi connectivity index (χ4v) is 3.98. The van der Waals surface area contributed by atoms with Crippen molar-refractivity contribution < 1.29 is 32.2 Å². The van der Waals surface area contributed by atoms with E-state index in [9.17, 15) is 22.8 Å². The van der Waals surface area contributed by atoms with E-state index in [1.54, 1.807) is 36.5 Å². The summed E-state index contributed by atoms with van der Waals surface area (Å²) < 4.78 is 51.7. The second kappa shape index (κ2) is 9.16. The Morgan fingerprint density at radius 1 is 0.943 bits per heavy atom. The van der Waals surface area contributed by atoms with Crippen molar-refractivity contribution in [3.63, 3.8) is 0 Å². The van der Waals surface area contributed by atoms with Crippen LogP contribution >= 0.6 is 0 Å². The quantitative estimate of drug-likeness (QED) is 0.572. The second-order valence-electron chi connectivity index (χ2n) is 7.93. The van der Waals surface area contributed by atoms with E-state index in [0.29, 0.717) is 53.8 Å². The van der Waals surface area contributed by atoms with Crippen LogP contribution in [0.1, 0.15) is 20.7 Å². The molecule has 8 nitrogen and oxygen atoms in total. The van der Waals surface area contributed by atoms with E-state index in [2.05, 4.69) is 10.3 Å². The van der Waals surface area contributed by atoms with Crippen LogP contribution in [0.15, 0.2) is 48.7 Å². The van der Waals surface area contributed by atoms with Gasteiger partial charge in [0.15, 0.2) is 29.0 Å². The Morgan fingerprint density at radius 3 is 2.51 bits per heavy atom. The van der Waals surface area contributed by atoms with Gasteiger partial charge in [-0.3, -0.25) is 9.59 Å². The van der Waals surface area contributed by atoms with Crippen LogP contribution in [0, 0.1) is 17.5 Å². The van der Waals surface area contributed by atoms with Gasteiger partial charge in [0.1, 0.15) is 5.82 Å². The number of carbonyl (C=O) groups is 2. The Hall–Kier alpha value is -4.28. The van der Waals surface area contributed by atoms with Gasteiger partial charge in [-0.1, -0.05) is 0 Å². The van der Waals surface area contributed by atoms with Crippen LogP contribution in [0.3, 0.4) is 0 Å². The molecule has 3 aromatic rings. The standard InChI is InChI=1S/C24H19F3N4O4/c25-15-11-16(21(27)17(26)12-15)24(33)31-8-6-30(7-9-31)22-18(2-1-5-28-22)29-23(32)14-3-4-19-20(10-14)35-13-34-19/h1-5,10-12H,6-9,13H2,(H,29,32). The maximum atomic E-state index is 14.1. The third-order valence-corrected chi connectivity index (χ3v) is 5.76. The number of benzene rings is 2. The van der Waals surface area contributed by atoms with Crippen LogP contribution in [0.5, 0.6) is 11.5 Å². The van der Waals surface area contributed by atoms with E-state index in [1.165, 1.54) is 4.90 Å². The van der Waals surface area contributed by atoms with Gasteiger partial charge in [0.25, 0.3) is 11.8 Å². The van der Waals surface area contributed by atoms with E-state index >= 15 is 0 Å². The van der Waals surface area contributed by atoms with Gasteiger partial charge in [0.2, 0.25) is 6.79 Å². The molecule has 1 N–H and O–H groups in total. The van der Waals surface area contributed by atoms with Crippen molar-refractivity contribution in [3.05, 3.63) is 77.2 Å². The third-order valence-electron chi connectivity index (χ3n) is 5.76. The highest BCUT2D eigenvalue weighted by Gasteiger charge is 2.28. The molecule has 0 aliphatic carbocycles. The van der Waals surface area contributed by atoms with Gasteiger partial charge >= 0.3 is 0 Å². The van der Waals surface area contributed by atoms with Crippen molar-refractivity contribution in [1.29, 1.82) is 0 Å². The Morgan fingerprint density at radius 2 is 1.71 bits per heavy atom. The summed E-state index contributed by atoms with van der Waals surface area (Å²) in [4.78, 5) is 33.1. The summed E-state index contributed by atoms with van der Waals surface area (Å²) in [6, 6.07) is 9.34. The van der Waals surface area contributed by atoms with Crippen molar-refractivity contribution in [2.75, 3.05) is 43.2 Å². The van der Waals surface area contributed by atoms with Crippen LogP contribution in [0.25, 0.3) is 0 Å². The number of carbonyl (C=O) groups excluding carboxylic acids is 2. The molecule has 2 aliphatic rings. The number of amides is 2. The van der Waals surface area contributed by atoms with Crippen LogP contribution in [-0.2, 0) is 0 Å². The van der Waals surface area contributed by atoms with Crippen molar-refractivity contribution in [2.45, 2.75) is 0 Å². The topological polar surface area (TPSA) is 84.0 Å². The van der Waals surface area contributed by atoms with Crippen molar-refractivity contribution in [2.24, 2.45) is 0 Å². The molecule has 1 saturated heterocycles. The first-order valence-electron chi connectivity index (χ1n) is 10.8. The molecular weight excluding hydrogens is 465 g/mol. The van der Waals surface area contributed by atoms with E-state index in [1.807, 2.05) is 4.90 Å². The number of fused-ring (bicyclic) bond motifs is 1. The van der Waals surface area contributed by atoms with E-state index < -0.39 is 28.9 Å². The lowest BCUT2D eigenvalue weighted by molar-refractivity contribution is 0.0740. The lowest BCUT2D eigenvalue weighted by atomic mass is 10.1. The van der Waals surface area contributed by atoms with Crippen molar-refractivity contribution in [3.8, 4) is 11.5 Å². The van der Waals surface area contributed by atoms with Crippen LogP contribution in [0.4, 0.5) is 24.7 Å².